The molecule has 0 aliphatic rings. The van der Waals surface area contributed by atoms with Gasteiger partial charge >= 0.3 is 22.4 Å². The molecule has 0 unspecified atom stereocenters. The summed E-state index contributed by atoms with van der Waals surface area (Å²) in [6.45, 7) is 2.27. The molecule has 142 valence electrons. The second-order valence-corrected chi connectivity index (χ2v) is 6.78. The smallest absolute Gasteiger partial charge is 0.550 e. The summed E-state index contributed by atoms with van der Waals surface area (Å²) in [6, 6.07) is 0. The topological polar surface area (TPSA) is 40.1 Å². The second-order valence-electron chi connectivity index (χ2n) is 6.78. The van der Waals surface area contributed by atoms with Crippen LogP contribution in [0.2, 0.25) is 0 Å². The van der Waals surface area contributed by atoms with Crippen LogP contribution < -0.4 is 5.11 Å². The van der Waals surface area contributed by atoms with Crippen molar-refractivity contribution in [3.05, 3.63) is 0 Å². The zero-order valence-corrected chi connectivity index (χ0v) is 16.8. The number of hydrogen-bond acceptors (Lipinski definition) is 2. The first-order valence-electron chi connectivity index (χ1n) is 9.97. The van der Waals surface area contributed by atoms with Gasteiger partial charge in [-0.15, -0.1) is 0 Å². The van der Waals surface area contributed by atoms with Crippen LogP contribution in [0.15, 0.2) is 0 Å². The Kier molecular flexibility index (Phi) is 24.6. The molecule has 0 aromatic carbocycles. The molecule has 0 aromatic heterocycles. The number of rotatable bonds is 18. The van der Waals surface area contributed by atoms with Crippen molar-refractivity contribution in [2.24, 2.45) is 0 Å². The average Bonchev–Trinajstić information content (AvgIpc) is 2.50. The fourth-order valence-corrected chi connectivity index (χ4v) is 2.99. The first kappa shape index (κ1) is 25.5. The Balaban J connectivity index is 0. The van der Waals surface area contributed by atoms with E-state index < -0.39 is 5.97 Å². The molecule has 23 heavy (non-hydrogen) atoms. The molecule has 0 heterocycles. The zero-order valence-electron chi connectivity index (χ0n) is 15.3. The van der Waals surface area contributed by atoms with E-state index >= 15 is 0 Å². The minimum Gasteiger partial charge on any atom is -0.550 e. The van der Waals surface area contributed by atoms with Gasteiger partial charge in [0.25, 0.3) is 0 Å². The maximum atomic E-state index is 10.2. The quantitative estimate of drug-likeness (QED) is 0.209. The molecule has 0 saturated carbocycles. The van der Waals surface area contributed by atoms with E-state index in [4.69, 9.17) is 0 Å². The maximum absolute atomic E-state index is 10.2. The van der Waals surface area contributed by atoms with Crippen LogP contribution in [0.25, 0.3) is 0 Å². The van der Waals surface area contributed by atoms with Gasteiger partial charge in [-0.3, -0.25) is 0 Å². The number of carbonyl (C=O) groups is 1. The Morgan fingerprint density at radius 3 is 1.09 bits per heavy atom. The Hall–Kier alpha value is 0.210. The Bertz CT molecular complexity index is 232. The fourth-order valence-electron chi connectivity index (χ4n) is 2.99. The van der Waals surface area contributed by atoms with E-state index in [-0.39, 0.29) is 28.8 Å². The molecule has 3 heteroatoms. The van der Waals surface area contributed by atoms with E-state index in [2.05, 4.69) is 6.92 Å². The Morgan fingerprint density at radius 1 is 0.565 bits per heavy atom. The molecule has 0 aromatic rings. The van der Waals surface area contributed by atoms with Crippen LogP contribution in [-0.2, 0) is 27.2 Å². The molecular formula is C20H39AgO2. The van der Waals surface area contributed by atoms with Crippen molar-refractivity contribution in [1.82, 2.24) is 0 Å². The third kappa shape index (κ3) is 24.6. The molecule has 0 saturated heterocycles. The van der Waals surface area contributed by atoms with E-state index in [9.17, 15) is 9.90 Å². The van der Waals surface area contributed by atoms with Crippen LogP contribution in [0.1, 0.15) is 122 Å². The largest absolute Gasteiger partial charge is 1.00 e. The summed E-state index contributed by atoms with van der Waals surface area (Å²) in [5.74, 6) is -0.902. The van der Waals surface area contributed by atoms with Crippen molar-refractivity contribution in [2.75, 3.05) is 0 Å². The van der Waals surface area contributed by atoms with Crippen molar-refractivity contribution in [3.8, 4) is 0 Å². The summed E-state index contributed by atoms with van der Waals surface area (Å²) in [7, 11) is 0. The zero-order chi connectivity index (χ0) is 16.3. The van der Waals surface area contributed by atoms with Gasteiger partial charge in [0.05, 0.1) is 0 Å². The average molecular weight is 419 g/mol. The van der Waals surface area contributed by atoms with E-state index in [1.165, 1.54) is 96.3 Å². The molecule has 0 aliphatic heterocycles. The number of hydrogen-bond donors (Lipinski definition) is 0. The molecule has 0 aliphatic carbocycles. The Morgan fingerprint density at radius 2 is 0.826 bits per heavy atom. The number of carboxylic acids is 1. The van der Waals surface area contributed by atoms with Crippen molar-refractivity contribution in [3.63, 3.8) is 0 Å². The minimum atomic E-state index is -0.902. The van der Waals surface area contributed by atoms with Gasteiger partial charge in [-0.05, 0) is 12.8 Å². The molecule has 0 rings (SSSR count). The SMILES string of the molecule is CCCCCCCCCCCCCCCCCCCC(=O)[O-].[Ag+]. The van der Waals surface area contributed by atoms with Crippen LogP contribution in [0.5, 0.6) is 0 Å². The van der Waals surface area contributed by atoms with Gasteiger partial charge in [-0.1, -0.05) is 110 Å². The first-order valence-corrected chi connectivity index (χ1v) is 9.97. The van der Waals surface area contributed by atoms with Gasteiger partial charge in [-0.2, -0.15) is 0 Å². The van der Waals surface area contributed by atoms with E-state index in [0.29, 0.717) is 0 Å². The summed E-state index contributed by atoms with van der Waals surface area (Å²) in [5.41, 5.74) is 0. The fraction of sp³-hybridized carbons (Fsp3) is 0.950. The van der Waals surface area contributed by atoms with Gasteiger partial charge in [0.15, 0.2) is 0 Å². The molecule has 0 spiro atoms. The number of carboxylic acid groups (broad SMARTS) is 1. The van der Waals surface area contributed by atoms with Crippen LogP contribution in [0, 0.1) is 0 Å². The monoisotopic (exact) mass is 418 g/mol. The molecule has 0 radical (unpaired) electrons. The van der Waals surface area contributed by atoms with Crippen molar-refractivity contribution in [1.29, 1.82) is 0 Å². The van der Waals surface area contributed by atoms with Crippen LogP contribution in [-0.4, -0.2) is 5.97 Å². The predicted molar refractivity (Wildman–Crippen MR) is 93.8 cm³/mol. The van der Waals surface area contributed by atoms with Gasteiger partial charge in [0, 0.05) is 5.97 Å². The maximum Gasteiger partial charge on any atom is 1.00 e. The predicted octanol–water partition coefficient (Wildman–Crippen LogP) is 5.78. The second kappa shape index (κ2) is 22.2. The van der Waals surface area contributed by atoms with E-state index in [1.54, 1.807) is 0 Å². The summed E-state index contributed by atoms with van der Waals surface area (Å²) < 4.78 is 0. The Labute approximate surface area is 160 Å². The van der Waals surface area contributed by atoms with Gasteiger partial charge in [0.2, 0.25) is 0 Å². The van der Waals surface area contributed by atoms with Gasteiger partial charge in [0.1, 0.15) is 0 Å². The third-order valence-electron chi connectivity index (χ3n) is 4.48. The van der Waals surface area contributed by atoms with Gasteiger partial charge < -0.3 is 9.90 Å². The summed E-state index contributed by atoms with van der Waals surface area (Å²) in [5, 5.41) is 10.2. The number of carbonyl (C=O) groups excluding carboxylic acids is 1. The van der Waals surface area contributed by atoms with Crippen LogP contribution >= 0.6 is 0 Å². The standard InChI is InChI=1S/C20H40O2.Ag/c1-2-3-4-5-6-7-8-9-10-11-12-13-14-15-16-17-18-19-20(21)22;/h2-19H2,1H3,(H,21,22);/q;+1/p-1. The van der Waals surface area contributed by atoms with Crippen LogP contribution in [0.4, 0.5) is 0 Å². The normalized spacial score (nSPS) is 10.5. The minimum absolute atomic E-state index is 0. The summed E-state index contributed by atoms with van der Waals surface area (Å²) >= 11 is 0. The molecule has 2 nitrogen and oxygen atoms in total. The molecule has 0 fully saturated rings. The summed E-state index contributed by atoms with van der Waals surface area (Å²) in [6.07, 6.45) is 22.8. The number of aliphatic carboxylic acids is 1. The molecule has 0 bridgehead atoms. The number of unbranched alkanes of at least 4 members (excludes halogenated alkanes) is 16. The van der Waals surface area contributed by atoms with E-state index in [1.807, 2.05) is 0 Å². The van der Waals surface area contributed by atoms with Crippen molar-refractivity contribution in [2.45, 2.75) is 122 Å². The van der Waals surface area contributed by atoms with Crippen LogP contribution in [0.3, 0.4) is 0 Å². The molecular weight excluding hydrogens is 380 g/mol. The van der Waals surface area contributed by atoms with Gasteiger partial charge in [-0.25, -0.2) is 0 Å². The van der Waals surface area contributed by atoms with E-state index in [0.717, 1.165) is 12.8 Å². The molecule has 0 atom stereocenters. The van der Waals surface area contributed by atoms with Crippen molar-refractivity contribution >= 4 is 5.97 Å². The molecule has 0 amide bonds. The summed E-state index contributed by atoms with van der Waals surface area (Å²) in [4.78, 5) is 10.2. The first-order chi connectivity index (χ1) is 10.8. The third-order valence-corrected chi connectivity index (χ3v) is 4.48. The molecule has 0 N–H and O–H groups in total. The van der Waals surface area contributed by atoms with Crippen molar-refractivity contribution < 1.29 is 32.3 Å².